The molecule has 3 fully saturated rings. The summed E-state index contributed by atoms with van der Waals surface area (Å²) >= 11 is 0. The molecule has 1 aliphatic carbocycles. The number of fused-ring (bicyclic) bond motifs is 1. The number of ether oxygens (including phenoxy) is 1. The highest BCUT2D eigenvalue weighted by Crippen LogP contribution is 2.36. The van der Waals surface area contributed by atoms with Crippen molar-refractivity contribution in [3.05, 3.63) is 0 Å². The molecule has 2 saturated heterocycles. The van der Waals surface area contributed by atoms with Crippen LogP contribution in [-0.2, 0) is 9.53 Å². The number of piperidine rings is 1. The van der Waals surface area contributed by atoms with Gasteiger partial charge in [0.1, 0.15) is 6.10 Å². The minimum Gasteiger partial charge on any atom is -0.364 e. The molecule has 2 aliphatic heterocycles. The molecule has 108 valence electrons. The molecule has 1 amide bonds. The minimum absolute atomic E-state index is 0.0983. The van der Waals surface area contributed by atoms with Gasteiger partial charge in [0, 0.05) is 19.6 Å². The second-order valence-corrected chi connectivity index (χ2v) is 6.44. The van der Waals surface area contributed by atoms with Crippen LogP contribution in [0.15, 0.2) is 0 Å². The molecule has 2 heterocycles. The van der Waals surface area contributed by atoms with E-state index < -0.39 is 0 Å². The monoisotopic (exact) mass is 266 g/mol. The molecule has 0 aromatic heterocycles. The Balaban J connectivity index is 1.56. The van der Waals surface area contributed by atoms with E-state index in [1.54, 1.807) is 0 Å². The molecule has 0 aromatic rings. The van der Waals surface area contributed by atoms with Gasteiger partial charge < -0.3 is 15.4 Å². The van der Waals surface area contributed by atoms with Gasteiger partial charge in [0.2, 0.25) is 0 Å². The van der Waals surface area contributed by atoms with Crippen LogP contribution in [0.25, 0.3) is 0 Å². The molecule has 4 nitrogen and oxygen atoms in total. The number of likely N-dealkylation sites (tertiary alicyclic amines) is 1. The molecule has 4 atom stereocenters. The summed E-state index contributed by atoms with van der Waals surface area (Å²) in [4.78, 5) is 14.6. The van der Waals surface area contributed by atoms with Crippen molar-refractivity contribution in [3.63, 3.8) is 0 Å². The Morgan fingerprint density at radius 2 is 1.89 bits per heavy atom. The number of nitrogens with two attached hydrogens (primary N) is 1. The SMILES string of the molecule is NCC1CCC(C(=O)N2CCC3CCCCC3C2)O1. The van der Waals surface area contributed by atoms with Crippen LogP contribution in [0.1, 0.15) is 44.9 Å². The molecule has 19 heavy (non-hydrogen) atoms. The normalized spacial score (nSPS) is 39.1. The van der Waals surface area contributed by atoms with Crippen LogP contribution in [-0.4, -0.2) is 42.6 Å². The summed E-state index contributed by atoms with van der Waals surface area (Å²) < 4.78 is 5.75. The van der Waals surface area contributed by atoms with Gasteiger partial charge in [0.25, 0.3) is 5.91 Å². The molecule has 0 bridgehead atoms. The van der Waals surface area contributed by atoms with Crippen molar-refractivity contribution >= 4 is 5.91 Å². The molecule has 4 heteroatoms. The van der Waals surface area contributed by atoms with Crippen molar-refractivity contribution < 1.29 is 9.53 Å². The quantitative estimate of drug-likeness (QED) is 0.824. The van der Waals surface area contributed by atoms with E-state index in [1.807, 2.05) is 0 Å². The molecule has 0 spiro atoms. The molecule has 3 aliphatic rings. The fourth-order valence-electron chi connectivity index (χ4n) is 4.07. The summed E-state index contributed by atoms with van der Waals surface area (Å²) in [6, 6.07) is 0. The molecule has 1 saturated carbocycles. The van der Waals surface area contributed by atoms with E-state index in [0.717, 1.165) is 37.8 Å². The lowest BCUT2D eigenvalue weighted by atomic mass is 9.75. The maximum atomic E-state index is 12.5. The van der Waals surface area contributed by atoms with Crippen LogP contribution in [0, 0.1) is 11.8 Å². The smallest absolute Gasteiger partial charge is 0.251 e. The van der Waals surface area contributed by atoms with Gasteiger partial charge in [-0.3, -0.25) is 4.79 Å². The maximum absolute atomic E-state index is 12.5. The number of amides is 1. The van der Waals surface area contributed by atoms with Crippen LogP contribution in [0.4, 0.5) is 0 Å². The zero-order valence-corrected chi connectivity index (χ0v) is 11.7. The largest absolute Gasteiger partial charge is 0.364 e. The first kappa shape index (κ1) is 13.4. The van der Waals surface area contributed by atoms with Crippen molar-refractivity contribution in [3.8, 4) is 0 Å². The summed E-state index contributed by atoms with van der Waals surface area (Å²) in [6.07, 6.45) is 8.29. The average molecular weight is 266 g/mol. The zero-order valence-electron chi connectivity index (χ0n) is 11.7. The lowest BCUT2D eigenvalue weighted by Gasteiger charge is -2.41. The van der Waals surface area contributed by atoms with E-state index in [0.29, 0.717) is 6.54 Å². The molecule has 0 aromatic carbocycles. The number of hydrogen-bond donors (Lipinski definition) is 1. The van der Waals surface area contributed by atoms with Gasteiger partial charge in [-0.2, -0.15) is 0 Å². The summed E-state index contributed by atoms with van der Waals surface area (Å²) in [5, 5.41) is 0. The van der Waals surface area contributed by atoms with E-state index in [4.69, 9.17) is 10.5 Å². The Bertz CT molecular complexity index is 334. The molecular formula is C15H26N2O2. The van der Waals surface area contributed by atoms with Gasteiger partial charge in [0.15, 0.2) is 0 Å². The van der Waals surface area contributed by atoms with Crippen LogP contribution >= 0.6 is 0 Å². The Morgan fingerprint density at radius 3 is 2.63 bits per heavy atom. The van der Waals surface area contributed by atoms with E-state index in [1.165, 1.54) is 32.1 Å². The number of hydrogen-bond acceptors (Lipinski definition) is 3. The first-order chi connectivity index (χ1) is 9.28. The highest BCUT2D eigenvalue weighted by Gasteiger charge is 2.37. The lowest BCUT2D eigenvalue weighted by molar-refractivity contribution is -0.145. The number of nitrogens with zero attached hydrogens (tertiary/aromatic N) is 1. The van der Waals surface area contributed by atoms with Crippen molar-refractivity contribution in [2.45, 2.75) is 57.2 Å². The molecule has 2 N–H and O–H groups in total. The maximum Gasteiger partial charge on any atom is 0.251 e. The first-order valence-corrected chi connectivity index (χ1v) is 7.92. The van der Waals surface area contributed by atoms with Crippen molar-refractivity contribution in [1.82, 2.24) is 4.90 Å². The third kappa shape index (κ3) is 2.79. The standard InChI is InChI=1S/C15H26N2O2/c16-9-13-5-6-14(19-13)15(18)17-8-7-11-3-1-2-4-12(11)10-17/h11-14H,1-10,16H2. The van der Waals surface area contributed by atoms with E-state index in [9.17, 15) is 4.79 Å². The van der Waals surface area contributed by atoms with E-state index >= 15 is 0 Å². The third-order valence-corrected chi connectivity index (χ3v) is 5.25. The topological polar surface area (TPSA) is 55.6 Å². The highest BCUT2D eigenvalue weighted by molar-refractivity contribution is 5.81. The van der Waals surface area contributed by atoms with Crippen LogP contribution in [0.2, 0.25) is 0 Å². The Kier molecular flexibility index (Phi) is 4.08. The van der Waals surface area contributed by atoms with Crippen molar-refractivity contribution in [2.24, 2.45) is 17.6 Å². The first-order valence-electron chi connectivity index (χ1n) is 7.92. The van der Waals surface area contributed by atoms with Gasteiger partial charge in [-0.25, -0.2) is 0 Å². The average Bonchev–Trinajstić information content (AvgIpc) is 2.95. The summed E-state index contributed by atoms with van der Waals surface area (Å²) in [7, 11) is 0. The van der Waals surface area contributed by atoms with Gasteiger partial charge in [-0.05, 0) is 37.5 Å². The minimum atomic E-state index is -0.214. The molecule has 4 unspecified atom stereocenters. The van der Waals surface area contributed by atoms with Gasteiger partial charge in [-0.15, -0.1) is 0 Å². The lowest BCUT2D eigenvalue weighted by Crippen LogP contribution is -2.48. The van der Waals surface area contributed by atoms with Crippen molar-refractivity contribution in [2.75, 3.05) is 19.6 Å². The van der Waals surface area contributed by atoms with E-state index in [-0.39, 0.29) is 18.1 Å². The van der Waals surface area contributed by atoms with Gasteiger partial charge >= 0.3 is 0 Å². The predicted octanol–water partition coefficient (Wildman–Crippen LogP) is 1.53. The highest BCUT2D eigenvalue weighted by atomic mass is 16.5. The van der Waals surface area contributed by atoms with Crippen LogP contribution < -0.4 is 5.73 Å². The fraction of sp³-hybridized carbons (Fsp3) is 0.933. The Hall–Kier alpha value is -0.610. The fourth-order valence-corrected chi connectivity index (χ4v) is 4.07. The van der Waals surface area contributed by atoms with E-state index in [2.05, 4.69) is 4.90 Å². The predicted molar refractivity (Wildman–Crippen MR) is 73.6 cm³/mol. The third-order valence-electron chi connectivity index (χ3n) is 5.25. The molecule has 3 rings (SSSR count). The number of rotatable bonds is 2. The van der Waals surface area contributed by atoms with Gasteiger partial charge in [0.05, 0.1) is 6.10 Å². The van der Waals surface area contributed by atoms with Crippen LogP contribution in [0.5, 0.6) is 0 Å². The Labute approximate surface area is 115 Å². The number of carbonyl (C=O) groups excluding carboxylic acids is 1. The summed E-state index contributed by atoms with van der Waals surface area (Å²) in [5.41, 5.74) is 5.61. The summed E-state index contributed by atoms with van der Waals surface area (Å²) in [6.45, 7) is 2.44. The summed E-state index contributed by atoms with van der Waals surface area (Å²) in [5.74, 6) is 1.84. The number of carbonyl (C=O) groups is 1. The second kappa shape index (κ2) is 5.80. The molecule has 0 radical (unpaired) electrons. The Morgan fingerprint density at radius 1 is 1.11 bits per heavy atom. The van der Waals surface area contributed by atoms with Crippen molar-refractivity contribution in [1.29, 1.82) is 0 Å². The second-order valence-electron chi connectivity index (χ2n) is 6.44. The molecular weight excluding hydrogens is 240 g/mol. The van der Waals surface area contributed by atoms with Gasteiger partial charge in [-0.1, -0.05) is 19.3 Å². The zero-order chi connectivity index (χ0) is 13.2. The van der Waals surface area contributed by atoms with Crippen LogP contribution in [0.3, 0.4) is 0 Å².